The minimum atomic E-state index is -1.84. The minimum Gasteiger partial charge on any atom is -0.378 e. The monoisotopic (exact) mass is 398 g/mol. The highest BCUT2D eigenvalue weighted by Gasteiger charge is 2.34. The maximum Gasteiger partial charge on any atom is 0.250 e. The van der Waals surface area contributed by atoms with Crippen molar-refractivity contribution in [3.63, 3.8) is 0 Å². The number of ether oxygens (including phenoxy) is 1. The lowest BCUT2D eigenvalue weighted by atomic mass is 10.4. The van der Waals surface area contributed by atoms with Crippen LogP contribution in [-0.2, 0) is 12.3 Å². The molecule has 0 aliphatic carbocycles. The Bertz CT molecular complexity index is 450. The van der Waals surface area contributed by atoms with Gasteiger partial charge in [-0.3, -0.25) is 0 Å². The zero-order chi connectivity index (χ0) is 15.0. The van der Waals surface area contributed by atoms with Gasteiger partial charge in [0.25, 0.3) is 0 Å². The number of halogens is 6. The maximum atomic E-state index is 5.80. The van der Waals surface area contributed by atoms with Gasteiger partial charge in [0, 0.05) is 13.1 Å². The highest BCUT2D eigenvalue weighted by molar-refractivity contribution is 6.67. The number of rotatable bonds is 1. The average molecular weight is 401 g/mol. The minimum absolute atomic E-state index is 0.0969. The van der Waals surface area contributed by atoms with Gasteiger partial charge in [0.2, 0.25) is 13.5 Å². The van der Waals surface area contributed by atoms with Crippen molar-refractivity contribution in [3.05, 3.63) is 11.6 Å². The third-order valence-electron chi connectivity index (χ3n) is 2.42. The molecule has 1 aliphatic heterocycles. The fraction of sp³-hybridized carbons (Fsp3) is 0.667. The van der Waals surface area contributed by atoms with Crippen molar-refractivity contribution in [2.75, 3.05) is 31.2 Å². The van der Waals surface area contributed by atoms with Crippen LogP contribution in [0.5, 0.6) is 0 Å². The first-order valence-electron chi connectivity index (χ1n) is 5.41. The van der Waals surface area contributed by atoms with Gasteiger partial charge in [-0.05, 0) is 0 Å². The molecule has 1 aromatic heterocycles. The summed E-state index contributed by atoms with van der Waals surface area (Å²) < 4.78 is 1.57. The van der Waals surface area contributed by atoms with Gasteiger partial charge < -0.3 is 9.64 Å². The molecule has 1 fully saturated rings. The van der Waals surface area contributed by atoms with Crippen molar-refractivity contribution in [2.45, 2.75) is 7.59 Å². The number of alkyl halides is 6. The van der Waals surface area contributed by atoms with Crippen molar-refractivity contribution < 1.29 is 4.74 Å². The second-order valence-electron chi connectivity index (χ2n) is 3.88. The molecule has 0 aromatic carbocycles. The summed E-state index contributed by atoms with van der Waals surface area (Å²) in [6, 6.07) is 0. The second-order valence-corrected chi connectivity index (χ2v) is 8.44. The van der Waals surface area contributed by atoms with E-state index in [9.17, 15) is 0 Å². The molecule has 0 radical (unpaired) electrons. The lowest BCUT2D eigenvalue weighted by Crippen LogP contribution is -2.38. The number of anilines is 1. The van der Waals surface area contributed by atoms with E-state index in [4.69, 9.17) is 74.3 Å². The van der Waals surface area contributed by atoms with E-state index in [2.05, 4.69) is 15.0 Å². The Hall–Kier alpha value is 0.510. The van der Waals surface area contributed by atoms with Crippen LogP contribution in [0.25, 0.3) is 0 Å². The largest absolute Gasteiger partial charge is 0.378 e. The van der Waals surface area contributed by atoms with Crippen LogP contribution in [0.15, 0.2) is 0 Å². The Balaban J connectivity index is 2.45. The van der Waals surface area contributed by atoms with Gasteiger partial charge in [0.05, 0.1) is 13.2 Å². The van der Waals surface area contributed by atoms with Crippen molar-refractivity contribution >= 4 is 75.6 Å². The molecule has 1 saturated heterocycles. The first kappa shape index (κ1) is 16.9. The molecular weight excluding hydrogens is 393 g/mol. The van der Waals surface area contributed by atoms with Gasteiger partial charge in [0.15, 0.2) is 11.6 Å². The SMILES string of the molecule is ClC(Cl)(Cl)c1nc(N2CCOCC2)nc(C(Cl)(Cl)Cl)n1. The van der Waals surface area contributed by atoms with Gasteiger partial charge in [-0.25, -0.2) is 4.98 Å². The molecule has 0 N–H and O–H groups in total. The molecule has 2 rings (SSSR count). The Morgan fingerprint density at radius 3 is 1.65 bits per heavy atom. The van der Waals surface area contributed by atoms with Crippen molar-refractivity contribution in [3.8, 4) is 0 Å². The summed E-state index contributed by atoms with van der Waals surface area (Å²) in [5.74, 6) is 0.0894. The molecule has 112 valence electrons. The number of aromatic nitrogens is 3. The van der Waals surface area contributed by atoms with Crippen LogP contribution in [-0.4, -0.2) is 41.3 Å². The van der Waals surface area contributed by atoms with Crippen molar-refractivity contribution in [2.24, 2.45) is 0 Å². The summed E-state index contributed by atoms with van der Waals surface area (Å²) in [6.07, 6.45) is 0. The summed E-state index contributed by atoms with van der Waals surface area (Å²) in [6.45, 7) is 2.25. The lowest BCUT2D eigenvalue weighted by molar-refractivity contribution is 0.122. The van der Waals surface area contributed by atoms with Crippen LogP contribution in [0.2, 0.25) is 0 Å². The summed E-state index contributed by atoms with van der Waals surface area (Å²) in [4.78, 5) is 14.0. The molecule has 1 aromatic rings. The fourth-order valence-electron chi connectivity index (χ4n) is 1.52. The van der Waals surface area contributed by atoms with Gasteiger partial charge in [-0.2, -0.15) is 9.97 Å². The van der Waals surface area contributed by atoms with E-state index >= 15 is 0 Å². The predicted octanol–water partition coefficient (Wildman–Crippen LogP) is 3.36. The topological polar surface area (TPSA) is 51.1 Å². The molecule has 11 heteroatoms. The van der Waals surface area contributed by atoms with E-state index in [1.807, 2.05) is 4.90 Å². The summed E-state index contributed by atoms with van der Waals surface area (Å²) in [5.41, 5.74) is 0. The number of hydrogen-bond donors (Lipinski definition) is 0. The van der Waals surface area contributed by atoms with E-state index < -0.39 is 7.59 Å². The Kier molecular flexibility index (Phi) is 5.34. The van der Waals surface area contributed by atoms with Crippen LogP contribution in [0.4, 0.5) is 5.95 Å². The number of hydrogen-bond acceptors (Lipinski definition) is 5. The maximum absolute atomic E-state index is 5.80. The molecular formula is C9H8Cl6N4O. The highest BCUT2D eigenvalue weighted by atomic mass is 35.6. The van der Waals surface area contributed by atoms with E-state index in [1.165, 1.54) is 0 Å². The molecule has 0 atom stereocenters. The second kappa shape index (κ2) is 6.32. The molecule has 1 aliphatic rings. The third-order valence-corrected chi connectivity index (χ3v) is 3.44. The first-order chi connectivity index (χ1) is 9.18. The van der Waals surface area contributed by atoms with Gasteiger partial charge in [0.1, 0.15) is 0 Å². The van der Waals surface area contributed by atoms with Crippen LogP contribution in [0.1, 0.15) is 11.6 Å². The first-order valence-corrected chi connectivity index (χ1v) is 7.68. The quantitative estimate of drug-likeness (QED) is 0.676. The van der Waals surface area contributed by atoms with Gasteiger partial charge >= 0.3 is 0 Å². The Morgan fingerprint density at radius 2 is 1.25 bits per heavy atom. The lowest BCUT2D eigenvalue weighted by Gasteiger charge is -2.28. The molecule has 2 heterocycles. The standard InChI is InChI=1S/C9H8Cl6N4O/c10-8(11,12)5-16-6(9(13,14)15)18-7(17-5)19-1-3-20-4-2-19/h1-4H2. The Labute approximate surface area is 145 Å². The summed E-state index contributed by atoms with van der Waals surface area (Å²) in [5, 5.41) is 0. The Morgan fingerprint density at radius 1 is 0.800 bits per heavy atom. The highest BCUT2D eigenvalue weighted by Crippen LogP contribution is 2.40. The van der Waals surface area contributed by atoms with E-state index in [-0.39, 0.29) is 17.6 Å². The third kappa shape index (κ3) is 4.26. The zero-order valence-electron chi connectivity index (χ0n) is 9.79. The number of nitrogens with zero attached hydrogens (tertiary/aromatic N) is 4. The van der Waals surface area contributed by atoms with Crippen LogP contribution < -0.4 is 4.90 Å². The fourth-order valence-corrected chi connectivity index (χ4v) is 2.03. The van der Waals surface area contributed by atoms with E-state index in [0.717, 1.165) is 0 Å². The molecule has 0 bridgehead atoms. The smallest absolute Gasteiger partial charge is 0.250 e. The number of morpholine rings is 1. The molecule has 0 amide bonds. The normalized spacial score (nSPS) is 17.4. The summed E-state index contributed by atoms with van der Waals surface area (Å²) >= 11 is 34.8. The average Bonchev–Trinajstić information content (AvgIpc) is 2.37. The molecule has 0 spiro atoms. The van der Waals surface area contributed by atoms with Crippen LogP contribution >= 0.6 is 69.6 Å². The molecule has 5 nitrogen and oxygen atoms in total. The van der Waals surface area contributed by atoms with Crippen molar-refractivity contribution in [1.29, 1.82) is 0 Å². The van der Waals surface area contributed by atoms with E-state index in [1.54, 1.807) is 0 Å². The summed E-state index contributed by atoms with van der Waals surface area (Å²) in [7, 11) is 0. The molecule has 20 heavy (non-hydrogen) atoms. The van der Waals surface area contributed by atoms with Gasteiger partial charge in [-0.1, -0.05) is 69.6 Å². The van der Waals surface area contributed by atoms with Gasteiger partial charge in [-0.15, -0.1) is 0 Å². The molecule has 0 saturated carbocycles. The van der Waals surface area contributed by atoms with E-state index in [0.29, 0.717) is 26.3 Å². The predicted molar refractivity (Wildman–Crippen MR) is 81.3 cm³/mol. The molecule has 0 unspecified atom stereocenters. The zero-order valence-corrected chi connectivity index (χ0v) is 14.3. The van der Waals surface area contributed by atoms with Crippen LogP contribution in [0.3, 0.4) is 0 Å². The van der Waals surface area contributed by atoms with Crippen molar-refractivity contribution in [1.82, 2.24) is 15.0 Å². The van der Waals surface area contributed by atoms with Crippen LogP contribution in [0, 0.1) is 0 Å².